The summed E-state index contributed by atoms with van der Waals surface area (Å²) in [5, 5.41) is 17.4. The Morgan fingerprint density at radius 3 is 2.72 bits per heavy atom. The maximum Gasteiger partial charge on any atom is 0.354 e. The highest BCUT2D eigenvalue weighted by Gasteiger charge is 2.11. The van der Waals surface area contributed by atoms with Crippen molar-refractivity contribution in [3.05, 3.63) is 76.7 Å². The zero-order valence-corrected chi connectivity index (χ0v) is 16.9. The normalized spacial score (nSPS) is 10.6. The van der Waals surface area contributed by atoms with Gasteiger partial charge in [0.15, 0.2) is 5.65 Å². The van der Waals surface area contributed by atoms with Gasteiger partial charge in [-0.1, -0.05) is 23.7 Å². The summed E-state index contributed by atoms with van der Waals surface area (Å²) in [6.07, 6.45) is 3.17. The molecule has 4 aromatic rings. The average Bonchev–Trinajstić information content (AvgIpc) is 3.16. The number of carboxylic acid groups (broad SMARTS) is 1. The second kappa shape index (κ2) is 8.46. The van der Waals surface area contributed by atoms with Gasteiger partial charge in [0, 0.05) is 35.5 Å². The molecule has 0 aliphatic carbocycles. The lowest BCUT2D eigenvalue weighted by molar-refractivity contribution is 0.0690. The highest BCUT2D eigenvalue weighted by atomic mass is 35.5. The molecule has 2 N–H and O–H groups in total. The van der Waals surface area contributed by atoms with Crippen LogP contribution >= 0.6 is 24.0 Å². The number of pyridine rings is 1. The van der Waals surface area contributed by atoms with Gasteiger partial charge in [0.1, 0.15) is 11.5 Å². The van der Waals surface area contributed by atoms with Crippen LogP contribution in [0.15, 0.2) is 54.9 Å². The van der Waals surface area contributed by atoms with Gasteiger partial charge in [-0.05, 0) is 36.2 Å². The van der Waals surface area contributed by atoms with Gasteiger partial charge in [-0.2, -0.15) is 9.61 Å². The Morgan fingerprint density at radius 1 is 1.21 bits per heavy atom. The van der Waals surface area contributed by atoms with Crippen LogP contribution in [0, 0.1) is 6.92 Å². The Bertz CT molecular complexity index is 1180. The van der Waals surface area contributed by atoms with Crippen molar-refractivity contribution < 1.29 is 9.90 Å². The molecule has 0 aliphatic heterocycles. The molecule has 3 aromatic heterocycles. The first kappa shape index (κ1) is 20.6. The fraction of sp³-hybridized carbons (Fsp3) is 0.100. The van der Waals surface area contributed by atoms with Crippen LogP contribution in [-0.4, -0.2) is 30.7 Å². The molecule has 0 saturated carbocycles. The van der Waals surface area contributed by atoms with Crippen molar-refractivity contribution >= 4 is 41.4 Å². The molecule has 29 heavy (non-hydrogen) atoms. The van der Waals surface area contributed by atoms with E-state index in [0.717, 1.165) is 16.9 Å². The number of aromatic carboxylic acids is 1. The Hall–Kier alpha value is -3.16. The van der Waals surface area contributed by atoms with Gasteiger partial charge in [-0.3, -0.25) is 0 Å². The van der Waals surface area contributed by atoms with E-state index in [1.165, 1.54) is 12.3 Å². The minimum atomic E-state index is -1.07. The molecular weight excluding hydrogens is 413 g/mol. The monoisotopic (exact) mass is 429 g/mol. The molecule has 0 fully saturated rings. The number of halogens is 2. The molecule has 148 valence electrons. The van der Waals surface area contributed by atoms with Crippen LogP contribution in [0.25, 0.3) is 16.9 Å². The molecule has 0 unspecified atom stereocenters. The van der Waals surface area contributed by atoms with Gasteiger partial charge in [0.25, 0.3) is 0 Å². The van der Waals surface area contributed by atoms with Gasteiger partial charge >= 0.3 is 5.97 Å². The SMILES string of the molecule is Cc1ccc(CNc2cc(-c3ccc(C(=O)O)nc3)nc3ccnn23)c(Cl)c1.Cl. The Labute approximate surface area is 177 Å². The van der Waals surface area contributed by atoms with Crippen LogP contribution < -0.4 is 5.32 Å². The number of aromatic nitrogens is 4. The summed E-state index contributed by atoms with van der Waals surface area (Å²) in [6, 6.07) is 12.7. The third-order valence-corrected chi connectivity index (χ3v) is 4.66. The number of rotatable bonds is 5. The van der Waals surface area contributed by atoms with E-state index in [-0.39, 0.29) is 18.1 Å². The Morgan fingerprint density at radius 2 is 2.03 bits per heavy atom. The number of fused-ring (bicyclic) bond motifs is 1. The fourth-order valence-electron chi connectivity index (χ4n) is 2.84. The smallest absolute Gasteiger partial charge is 0.354 e. The van der Waals surface area contributed by atoms with Crippen molar-refractivity contribution in [2.75, 3.05) is 5.32 Å². The van der Waals surface area contributed by atoms with Crippen molar-refractivity contribution in [3.63, 3.8) is 0 Å². The molecule has 0 radical (unpaired) electrons. The number of aryl methyl sites for hydroxylation is 1. The molecule has 7 nitrogen and oxygen atoms in total. The molecule has 1 aromatic carbocycles. The molecule has 0 spiro atoms. The predicted molar refractivity (Wildman–Crippen MR) is 114 cm³/mol. The molecule has 0 saturated heterocycles. The number of nitrogens with one attached hydrogen (secondary N) is 1. The van der Waals surface area contributed by atoms with E-state index >= 15 is 0 Å². The zero-order chi connectivity index (χ0) is 19.7. The third kappa shape index (κ3) is 4.31. The quantitative estimate of drug-likeness (QED) is 0.485. The van der Waals surface area contributed by atoms with Crippen molar-refractivity contribution in [1.29, 1.82) is 0 Å². The van der Waals surface area contributed by atoms with E-state index in [1.54, 1.807) is 22.8 Å². The summed E-state index contributed by atoms with van der Waals surface area (Å²) in [4.78, 5) is 19.5. The number of hydrogen-bond donors (Lipinski definition) is 2. The first-order valence-electron chi connectivity index (χ1n) is 8.55. The second-order valence-electron chi connectivity index (χ2n) is 6.31. The largest absolute Gasteiger partial charge is 0.477 e. The lowest BCUT2D eigenvalue weighted by Gasteiger charge is -2.12. The predicted octanol–water partition coefficient (Wildman–Crippen LogP) is 4.49. The summed E-state index contributed by atoms with van der Waals surface area (Å²) in [5.74, 6) is -0.327. The van der Waals surface area contributed by atoms with Crippen LogP contribution in [0.2, 0.25) is 5.02 Å². The van der Waals surface area contributed by atoms with Crippen molar-refractivity contribution in [2.45, 2.75) is 13.5 Å². The summed E-state index contributed by atoms with van der Waals surface area (Å²) < 4.78 is 1.70. The maximum atomic E-state index is 11.0. The van der Waals surface area contributed by atoms with Gasteiger partial charge in [0.05, 0.1) is 11.9 Å². The molecule has 0 atom stereocenters. The summed E-state index contributed by atoms with van der Waals surface area (Å²) in [6.45, 7) is 2.52. The van der Waals surface area contributed by atoms with E-state index in [4.69, 9.17) is 16.7 Å². The van der Waals surface area contributed by atoms with E-state index < -0.39 is 5.97 Å². The highest BCUT2D eigenvalue weighted by molar-refractivity contribution is 6.31. The first-order valence-corrected chi connectivity index (χ1v) is 8.92. The topological polar surface area (TPSA) is 92.4 Å². The van der Waals surface area contributed by atoms with E-state index in [0.29, 0.717) is 28.5 Å². The van der Waals surface area contributed by atoms with Crippen molar-refractivity contribution in [3.8, 4) is 11.3 Å². The first-order chi connectivity index (χ1) is 13.5. The van der Waals surface area contributed by atoms with Crippen LogP contribution in [0.5, 0.6) is 0 Å². The van der Waals surface area contributed by atoms with Crippen molar-refractivity contribution in [2.24, 2.45) is 0 Å². The third-order valence-electron chi connectivity index (χ3n) is 4.31. The summed E-state index contributed by atoms with van der Waals surface area (Å²) in [5.41, 5.74) is 4.10. The lowest BCUT2D eigenvalue weighted by Crippen LogP contribution is -2.07. The summed E-state index contributed by atoms with van der Waals surface area (Å²) >= 11 is 6.33. The average molecular weight is 430 g/mol. The van der Waals surface area contributed by atoms with E-state index in [2.05, 4.69) is 20.4 Å². The zero-order valence-electron chi connectivity index (χ0n) is 15.3. The minimum Gasteiger partial charge on any atom is -0.477 e. The number of nitrogens with zero attached hydrogens (tertiary/aromatic N) is 4. The molecule has 0 bridgehead atoms. The van der Waals surface area contributed by atoms with Gasteiger partial charge < -0.3 is 10.4 Å². The van der Waals surface area contributed by atoms with Crippen LogP contribution in [-0.2, 0) is 6.54 Å². The molecular formula is C20H17Cl2N5O2. The molecule has 0 aliphatic rings. The molecule has 9 heteroatoms. The Balaban J connectivity index is 0.00000240. The van der Waals surface area contributed by atoms with E-state index in [1.807, 2.05) is 31.2 Å². The van der Waals surface area contributed by atoms with E-state index in [9.17, 15) is 4.79 Å². The fourth-order valence-corrected chi connectivity index (χ4v) is 3.14. The lowest BCUT2D eigenvalue weighted by atomic mass is 10.1. The number of carboxylic acids is 1. The minimum absolute atomic E-state index is 0. The second-order valence-corrected chi connectivity index (χ2v) is 6.72. The van der Waals surface area contributed by atoms with Crippen LogP contribution in [0.1, 0.15) is 21.6 Å². The van der Waals surface area contributed by atoms with Gasteiger partial charge in [-0.25, -0.2) is 14.8 Å². The number of benzene rings is 1. The number of hydrogen-bond acceptors (Lipinski definition) is 5. The summed E-state index contributed by atoms with van der Waals surface area (Å²) in [7, 11) is 0. The number of anilines is 1. The molecule has 0 amide bonds. The molecule has 4 rings (SSSR count). The highest BCUT2D eigenvalue weighted by Crippen LogP contribution is 2.24. The Kier molecular flexibility index (Phi) is 6.00. The molecule has 3 heterocycles. The number of carbonyl (C=O) groups is 1. The van der Waals surface area contributed by atoms with Gasteiger partial charge in [-0.15, -0.1) is 12.4 Å². The van der Waals surface area contributed by atoms with Gasteiger partial charge in [0.2, 0.25) is 0 Å². The van der Waals surface area contributed by atoms with Crippen molar-refractivity contribution in [1.82, 2.24) is 19.6 Å². The van der Waals surface area contributed by atoms with Crippen LogP contribution in [0.3, 0.4) is 0 Å². The standard InChI is InChI=1S/C20H16ClN5O2.ClH/c1-12-2-3-13(15(21)8-12)10-23-19-9-17(25-18-6-7-24-26(18)19)14-4-5-16(20(27)28)22-11-14;/h2-9,11,23H,10H2,1H3,(H,27,28);1H. The maximum absolute atomic E-state index is 11.0. The van der Waals surface area contributed by atoms with Crippen LogP contribution in [0.4, 0.5) is 5.82 Å².